The Labute approximate surface area is 163 Å². The fourth-order valence-corrected chi connectivity index (χ4v) is 3.28. The Bertz CT molecular complexity index is 863. The van der Waals surface area contributed by atoms with E-state index in [0.29, 0.717) is 18.3 Å². The van der Waals surface area contributed by atoms with E-state index >= 15 is 0 Å². The van der Waals surface area contributed by atoms with Crippen molar-refractivity contribution >= 4 is 35.4 Å². The Kier molecular flexibility index (Phi) is 4.82. The highest BCUT2D eigenvalue weighted by Crippen LogP contribution is 2.26. The molecule has 10 nitrogen and oxygen atoms in total. The van der Waals surface area contributed by atoms with Crippen LogP contribution in [-0.4, -0.2) is 87.5 Å². The molecule has 3 heterocycles. The summed E-state index contributed by atoms with van der Waals surface area (Å²) in [7, 11) is 1.59. The molecule has 0 radical (unpaired) electrons. The second-order valence-electron chi connectivity index (χ2n) is 7.98. The summed E-state index contributed by atoms with van der Waals surface area (Å²) in [5.41, 5.74) is 5.89. The Morgan fingerprint density at radius 2 is 2.04 bits per heavy atom. The van der Waals surface area contributed by atoms with Crippen molar-refractivity contribution in [1.29, 1.82) is 0 Å². The number of hydrogen-bond donors (Lipinski definition) is 1. The minimum Gasteiger partial charge on any atom is -0.367 e. The first-order valence-corrected chi connectivity index (χ1v) is 9.12. The van der Waals surface area contributed by atoms with E-state index in [1.807, 2.05) is 27.7 Å². The van der Waals surface area contributed by atoms with Gasteiger partial charge in [-0.15, -0.1) is 10.1 Å². The lowest BCUT2D eigenvalue weighted by atomic mass is 9.89. The largest absolute Gasteiger partial charge is 0.417 e. The molecule has 0 spiro atoms. The monoisotopic (exact) mass is 388 g/mol. The predicted octanol–water partition coefficient (Wildman–Crippen LogP) is -0.191. The lowest BCUT2D eigenvalue weighted by molar-refractivity contribution is -0.528. The quantitative estimate of drug-likeness (QED) is 0.531. The minimum atomic E-state index is -0.744. The maximum Gasteiger partial charge on any atom is 0.417 e. The van der Waals surface area contributed by atoms with Gasteiger partial charge in [0.05, 0.1) is 5.71 Å². The van der Waals surface area contributed by atoms with Crippen molar-refractivity contribution in [3.8, 4) is 0 Å². The number of nitrogens with two attached hydrogens (primary N) is 1. The van der Waals surface area contributed by atoms with Crippen LogP contribution >= 0.6 is 0 Å². The number of primary amides is 1. The van der Waals surface area contributed by atoms with E-state index in [9.17, 15) is 14.4 Å². The summed E-state index contributed by atoms with van der Waals surface area (Å²) in [4.78, 5) is 44.4. The molecule has 28 heavy (non-hydrogen) atoms. The Morgan fingerprint density at radius 3 is 2.61 bits per heavy atom. The van der Waals surface area contributed by atoms with Crippen LogP contribution in [0.5, 0.6) is 0 Å². The van der Waals surface area contributed by atoms with E-state index in [2.05, 4.69) is 10.1 Å². The number of hydrogen-bond acceptors (Lipinski definition) is 6. The van der Waals surface area contributed by atoms with Gasteiger partial charge >= 0.3 is 12.0 Å². The van der Waals surface area contributed by atoms with Crippen molar-refractivity contribution in [2.45, 2.75) is 33.7 Å². The van der Waals surface area contributed by atoms with Gasteiger partial charge in [0.2, 0.25) is 11.9 Å². The van der Waals surface area contributed by atoms with Gasteiger partial charge in [-0.1, -0.05) is 37.9 Å². The van der Waals surface area contributed by atoms with Crippen LogP contribution in [0.2, 0.25) is 0 Å². The van der Waals surface area contributed by atoms with E-state index in [1.165, 1.54) is 14.8 Å². The molecule has 0 aromatic carbocycles. The smallest absolute Gasteiger partial charge is 0.367 e. The molecular weight excluding hydrogens is 362 g/mol. The summed E-state index contributed by atoms with van der Waals surface area (Å²) < 4.78 is 1.79. The number of amidine groups is 1. The standard InChI is InChI=1S/C18H25N7O3/c1-6-7-8-23-15(27)13-14(22(5)17(23)28)20-16-24(13)9-11(18(2,3)4)21-25(16)10-12(19)26/h6-7,13H,8-10H2,1-5H3,(H-,19,26)/p+1/b7-6+. The summed E-state index contributed by atoms with van der Waals surface area (Å²) >= 11 is 0. The average molecular weight is 388 g/mol. The van der Waals surface area contributed by atoms with Crippen LogP contribution in [0.1, 0.15) is 27.7 Å². The summed E-state index contributed by atoms with van der Waals surface area (Å²) in [5, 5.41) is 5.97. The molecule has 0 aliphatic carbocycles. The van der Waals surface area contributed by atoms with Gasteiger partial charge in [-0.2, -0.15) is 0 Å². The molecule has 0 aromatic heterocycles. The molecule has 150 valence electrons. The van der Waals surface area contributed by atoms with Gasteiger partial charge in [-0.25, -0.2) is 9.37 Å². The van der Waals surface area contributed by atoms with E-state index in [4.69, 9.17) is 5.73 Å². The van der Waals surface area contributed by atoms with Crippen LogP contribution < -0.4 is 5.73 Å². The summed E-state index contributed by atoms with van der Waals surface area (Å²) in [6.07, 6.45) is 3.54. The molecule has 0 bridgehead atoms. The number of rotatable bonds is 4. The number of allylic oxidation sites excluding steroid dienone is 1. The molecule has 0 saturated carbocycles. The normalized spacial score (nSPS) is 22.6. The highest BCUT2D eigenvalue weighted by molar-refractivity contribution is 6.23. The van der Waals surface area contributed by atoms with Gasteiger partial charge in [0.1, 0.15) is 6.54 Å². The molecule has 2 N–H and O–H groups in total. The second-order valence-corrected chi connectivity index (χ2v) is 7.98. The van der Waals surface area contributed by atoms with E-state index < -0.39 is 18.0 Å². The molecular formula is C18H26N7O3+. The van der Waals surface area contributed by atoms with Gasteiger partial charge in [-0.3, -0.25) is 19.4 Å². The third kappa shape index (κ3) is 3.19. The number of imide groups is 1. The van der Waals surface area contributed by atoms with Crippen molar-refractivity contribution in [2.75, 3.05) is 26.7 Å². The zero-order chi connectivity index (χ0) is 20.8. The number of nitrogens with zero attached hydrogens (tertiary/aromatic N) is 6. The SMILES string of the molecule is C/C=C/CN1C(=O)C2C(=NC3=[N+]2CC(C(C)(C)C)=NN3CC(N)=O)N(C)C1=O. The van der Waals surface area contributed by atoms with Crippen molar-refractivity contribution < 1.29 is 19.0 Å². The van der Waals surface area contributed by atoms with Gasteiger partial charge in [0.25, 0.3) is 11.8 Å². The van der Waals surface area contributed by atoms with Gasteiger partial charge in [-0.05, 0) is 6.92 Å². The topological polar surface area (TPSA) is 115 Å². The number of hydrazone groups is 1. The first-order chi connectivity index (χ1) is 13.1. The number of carbonyl (C=O) groups excluding carboxylic acids is 3. The predicted molar refractivity (Wildman–Crippen MR) is 104 cm³/mol. The third-order valence-corrected chi connectivity index (χ3v) is 4.88. The molecule has 3 aliphatic heterocycles. The molecule has 3 aliphatic rings. The van der Waals surface area contributed by atoms with Gasteiger partial charge in [0, 0.05) is 19.0 Å². The first-order valence-electron chi connectivity index (χ1n) is 9.12. The Balaban J connectivity index is 2.05. The second kappa shape index (κ2) is 6.84. The number of likely N-dealkylation sites (N-methyl/N-ethyl adjacent to an activating group) is 1. The first kappa shape index (κ1) is 19.7. The molecule has 1 unspecified atom stereocenters. The Hall–Kier alpha value is -3.04. The molecule has 3 rings (SSSR count). The fraction of sp³-hybridized carbons (Fsp3) is 0.556. The number of guanidine groups is 1. The van der Waals surface area contributed by atoms with E-state index in [1.54, 1.807) is 23.8 Å². The van der Waals surface area contributed by atoms with Crippen molar-refractivity contribution in [3.63, 3.8) is 0 Å². The summed E-state index contributed by atoms with van der Waals surface area (Å²) in [5.74, 6) is -0.217. The van der Waals surface area contributed by atoms with Crippen LogP contribution in [0.4, 0.5) is 4.79 Å². The fourth-order valence-electron chi connectivity index (χ4n) is 3.28. The maximum absolute atomic E-state index is 13.2. The number of urea groups is 1. The van der Waals surface area contributed by atoms with Crippen molar-refractivity contribution in [1.82, 2.24) is 14.8 Å². The lowest BCUT2D eigenvalue weighted by Crippen LogP contribution is -2.63. The molecule has 1 atom stereocenters. The number of amides is 4. The molecule has 1 fully saturated rings. The molecule has 0 aromatic rings. The number of carbonyl (C=O) groups is 3. The molecule has 4 amide bonds. The number of aliphatic imine (C=N–C) groups is 1. The third-order valence-electron chi connectivity index (χ3n) is 4.88. The van der Waals surface area contributed by atoms with Crippen LogP contribution in [0.25, 0.3) is 0 Å². The molecule has 1 saturated heterocycles. The van der Waals surface area contributed by atoms with Crippen LogP contribution in [0.3, 0.4) is 0 Å². The number of fused-ring (bicyclic) bond motifs is 2. The summed E-state index contributed by atoms with van der Waals surface area (Å²) in [6, 6.07) is -1.18. The van der Waals surface area contributed by atoms with Crippen molar-refractivity contribution in [2.24, 2.45) is 21.2 Å². The highest BCUT2D eigenvalue weighted by atomic mass is 16.2. The Morgan fingerprint density at radius 1 is 1.36 bits per heavy atom. The highest BCUT2D eigenvalue weighted by Gasteiger charge is 2.55. The van der Waals surface area contributed by atoms with Crippen LogP contribution in [-0.2, 0) is 9.59 Å². The lowest BCUT2D eigenvalue weighted by Gasteiger charge is -2.34. The minimum absolute atomic E-state index is 0.164. The molecule has 10 heteroatoms. The van der Waals surface area contributed by atoms with Gasteiger partial charge < -0.3 is 5.73 Å². The zero-order valence-electron chi connectivity index (χ0n) is 16.8. The zero-order valence-corrected chi connectivity index (χ0v) is 16.8. The van der Waals surface area contributed by atoms with E-state index in [0.717, 1.165) is 5.71 Å². The van der Waals surface area contributed by atoms with E-state index in [-0.39, 0.29) is 24.4 Å². The van der Waals surface area contributed by atoms with Crippen LogP contribution in [0, 0.1) is 5.41 Å². The van der Waals surface area contributed by atoms with Crippen LogP contribution in [0.15, 0.2) is 22.2 Å². The summed E-state index contributed by atoms with van der Waals surface area (Å²) in [6.45, 7) is 8.25. The maximum atomic E-state index is 13.2. The van der Waals surface area contributed by atoms with Crippen molar-refractivity contribution in [3.05, 3.63) is 12.2 Å². The average Bonchev–Trinajstić information content (AvgIpc) is 2.99. The van der Waals surface area contributed by atoms with Gasteiger partial charge in [0.15, 0.2) is 6.54 Å².